The van der Waals surface area contributed by atoms with Gasteiger partial charge in [-0.2, -0.15) is 16.8 Å². The number of esters is 1. The molecule has 1 heterocycles. The minimum atomic E-state index is -6.03. The Kier molecular flexibility index (Phi) is 4.70. The molecule has 1 aliphatic heterocycles. The third kappa shape index (κ3) is 2.30. The molecule has 3 N–H and O–H groups in total. The van der Waals surface area contributed by atoms with Gasteiger partial charge in [0, 0.05) is 6.42 Å². The van der Waals surface area contributed by atoms with Crippen molar-refractivity contribution in [2.75, 3.05) is 13.2 Å². The molecule has 0 spiro atoms. The summed E-state index contributed by atoms with van der Waals surface area (Å²) in [6, 6.07) is 0. The Morgan fingerprint density at radius 1 is 1.27 bits per heavy atom. The van der Waals surface area contributed by atoms with Gasteiger partial charge in [-0.15, -0.1) is 0 Å². The summed E-state index contributed by atoms with van der Waals surface area (Å²) >= 11 is 0. The van der Waals surface area contributed by atoms with Crippen molar-refractivity contribution in [1.29, 1.82) is 0 Å². The predicted octanol–water partition coefficient (Wildman–Crippen LogP) is -1.57. The molecule has 1 fully saturated rings. The molecule has 0 aromatic heterocycles. The first-order valence-electron chi connectivity index (χ1n) is 5.48. The van der Waals surface area contributed by atoms with E-state index < -0.39 is 61.5 Å². The van der Waals surface area contributed by atoms with Gasteiger partial charge in [0.15, 0.2) is 0 Å². The second kappa shape index (κ2) is 5.58. The summed E-state index contributed by atoms with van der Waals surface area (Å²) < 4.78 is 69.4. The number of hydrogen-bond acceptors (Lipinski definition) is 8. The molecule has 13 heteroatoms. The fourth-order valence-corrected chi connectivity index (χ4v) is 4.96. The molecule has 0 aromatic carbocycles. The van der Waals surface area contributed by atoms with Crippen LogP contribution >= 0.6 is 0 Å². The monoisotopic (exact) mass is 360 g/mol. The van der Waals surface area contributed by atoms with Crippen LogP contribution in [0.3, 0.4) is 0 Å². The highest BCUT2D eigenvalue weighted by atomic mass is 32.3. The Balaban J connectivity index is 3.81. The van der Waals surface area contributed by atoms with Crippen LogP contribution in [0.5, 0.6) is 0 Å². The first-order valence-corrected chi connectivity index (χ1v) is 8.36. The number of carboxylic acid groups (broad SMARTS) is 1. The van der Waals surface area contributed by atoms with Gasteiger partial charge in [-0.05, 0) is 0 Å². The van der Waals surface area contributed by atoms with E-state index in [0.717, 1.165) is 6.08 Å². The molecular formula is C9H12O11S2. The lowest BCUT2D eigenvalue weighted by Crippen LogP contribution is -2.76. The second-order valence-corrected chi connectivity index (χ2v) is 7.57. The maximum Gasteiger partial charge on any atom is 0.356 e. The number of rotatable bonds is 7. The Labute approximate surface area is 125 Å². The van der Waals surface area contributed by atoms with Crippen molar-refractivity contribution in [1.82, 2.24) is 0 Å². The van der Waals surface area contributed by atoms with Crippen LogP contribution in [-0.4, -0.2) is 65.9 Å². The van der Waals surface area contributed by atoms with Crippen molar-refractivity contribution < 1.29 is 50.1 Å². The summed E-state index contributed by atoms with van der Waals surface area (Å²) in [5.41, 5.74) is -3.24. The SMILES string of the molecule is C=CCOC(=O)C(C1(C(=O)O)CCO1)(S(=O)(=O)O)S(=O)(=O)O. The van der Waals surface area contributed by atoms with E-state index in [2.05, 4.69) is 16.1 Å². The van der Waals surface area contributed by atoms with Gasteiger partial charge < -0.3 is 14.6 Å². The molecule has 11 nitrogen and oxygen atoms in total. The van der Waals surface area contributed by atoms with Gasteiger partial charge in [-0.3, -0.25) is 9.11 Å². The third-order valence-electron chi connectivity index (χ3n) is 3.01. The average Bonchev–Trinajstić information content (AvgIpc) is 2.26. The summed E-state index contributed by atoms with van der Waals surface area (Å²) in [6.45, 7) is 1.99. The Hall–Kier alpha value is -1.54. The molecule has 1 aliphatic rings. The van der Waals surface area contributed by atoms with Gasteiger partial charge in [0.1, 0.15) is 6.61 Å². The standard InChI is InChI=1S/C9H12O11S2/c1-2-4-19-7(12)9(21(13,14)15,22(16,17)18)8(6(10)11)3-5-20-8/h2H,1,3-5H2,(H,10,11)(H,13,14,15)(H,16,17,18). The largest absolute Gasteiger partial charge is 0.479 e. The number of ether oxygens (including phenoxy) is 2. The number of carbonyl (C=O) groups excluding carboxylic acids is 1. The topological polar surface area (TPSA) is 182 Å². The average molecular weight is 360 g/mol. The van der Waals surface area contributed by atoms with Gasteiger partial charge in [-0.25, -0.2) is 9.59 Å². The molecule has 0 radical (unpaired) electrons. The Bertz CT molecular complexity index is 666. The molecule has 0 saturated carbocycles. The summed E-state index contributed by atoms with van der Waals surface area (Å²) in [5.74, 6) is -4.41. The molecule has 22 heavy (non-hydrogen) atoms. The van der Waals surface area contributed by atoms with Crippen LogP contribution in [0.2, 0.25) is 0 Å². The number of carbonyl (C=O) groups is 2. The van der Waals surface area contributed by atoms with Crippen molar-refractivity contribution in [2.45, 2.75) is 16.1 Å². The molecule has 1 unspecified atom stereocenters. The van der Waals surface area contributed by atoms with E-state index in [-0.39, 0.29) is 0 Å². The van der Waals surface area contributed by atoms with Crippen LogP contribution in [-0.2, 0) is 39.3 Å². The van der Waals surface area contributed by atoms with Gasteiger partial charge in [0.05, 0.1) is 6.61 Å². The summed E-state index contributed by atoms with van der Waals surface area (Å²) in [4.78, 5) is 23.3. The zero-order valence-corrected chi connectivity index (χ0v) is 12.5. The van der Waals surface area contributed by atoms with Crippen molar-refractivity contribution in [2.24, 2.45) is 0 Å². The van der Waals surface area contributed by atoms with Crippen LogP contribution in [0.15, 0.2) is 12.7 Å². The van der Waals surface area contributed by atoms with E-state index >= 15 is 0 Å². The lowest BCUT2D eigenvalue weighted by molar-refractivity contribution is -0.204. The number of aliphatic carboxylic acids is 1. The van der Waals surface area contributed by atoms with E-state index in [9.17, 15) is 35.5 Å². The summed E-state index contributed by atoms with van der Waals surface area (Å²) in [6.07, 6.45) is 0.136. The third-order valence-corrected chi connectivity index (χ3v) is 6.72. The quantitative estimate of drug-likeness (QED) is 0.271. The van der Waals surface area contributed by atoms with Crippen molar-refractivity contribution in [3.8, 4) is 0 Å². The molecule has 0 aliphatic carbocycles. The zero-order valence-electron chi connectivity index (χ0n) is 10.8. The summed E-state index contributed by atoms with van der Waals surface area (Å²) in [5, 5.41) is 9.12. The Morgan fingerprint density at radius 3 is 1.95 bits per heavy atom. The molecule has 0 bridgehead atoms. The first-order chi connectivity index (χ1) is 9.88. The van der Waals surface area contributed by atoms with E-state index in [1.54, 1.807) is 0 Å². The molecule has 126 valence electrons. The molecule has 1 rings (SSSR count). The van der Waals surface area contributed by atoms with Gasteiger partial charge in [0.25, 0.3) is 0 Å². The lowest BCUT2D eigenvalue weighted by Gasteiger charge is -2.45. The molecule has 0 aromatic rings. The second-order valence-electron chi connectivity index (χ2n) is 4.18. The maximum atomic E-state index is 12.0. The number of carboxylic acids is 1. The van der Waals surface area contributed by atoms with E-state index in [1.165, 1.54) is 0 Å². The maximum absolute atomic E-state index is 12.0. The minimum Gasteiger partial charge on any atom is -0.479 e. The normalized spacial score (nSPS) is 22.5. The fraction of sp³-hybridized carbons (Fsp3) is 0.556. The van der Waals surface area contributed by atoms with Gasteiger partial charge in [0.2, 0.25) is 5.60 Å². The zero-order chi connectivity index (χ0) is 17.4. The van der Waals surface area contributed by atoms with Crippen LogP contribution in [0, 0.1) is 0 Å². The van der Waals surface area contributed by atoms with Gasteiger partial charge in [-0.1, -0.05) is 12.7 Å². The van der Waals surface area contributed by atoms with E-state index in [4.69, 9.17) is 5.11 Å². The summed E-state index contributed by atoms with van der Waals surface area (Å²) in [7, 11) is -12.1. The molecule has 1 atom stereocenters. The number of hydrogen-bond donors (Lipinski definition) is 3. The van der Waals surface area contributed by atoms with Crippen molar-refractivity contribution in [3.05, 3.63) is 12.7 Å². The highest BCUT2D eigenvalue weighted by molar-refractivity contribution is 8.06. The Morgan fingerprint density at radius 2 is 1.73 bits per heavy atom. The van der Waals surface area contributed by atoms with E-state index in [1.807, 2.05) is 0 Å². The van der Waals surface area contributed by atoms with Gasteiger partial charge >= 0.3 is 36.3 Å². The van der Waals surface area contributed by atoms with Crippen LogP contribution in [0.1, 0.15) is 6.42 Å². The van der Waals surface area contributed by atoms with Crippen LogP contribution in [0.25, 0.3) is 0 Å². The fourth-order valence-electron chi connectivity index (χ4n) is 2.03. The van der Waals surface area contributed by atoms with Crippen molar-refractivity contribution in [3.63, 3.8) is 0 Å². The molecule has 0 amide bonds. The van der Waals surface area contributed by atoms with Crippen molar-refractivity contribution >= 4 is 32.2 Å². The highest BCUT2D eigenvalue weighted by Crippen LogP contribution is 2.46. The van der Waals surface area contributed by atoms with Crippen LogP contribution in [0.4, 0.5) is 0 Å². The molecule has 1 saturated heterocycles. The highest BCUT2D eigenvalue weighted by Gasteiger charge is 2.81. The smallest absolute Gasteiger partial charge is 0.356 e. The molecular weight excluding hydrogens is 348 g/mol. The minimum absolute atomic E-state index is 0.423. The first kappa shape index (κ1) is 18.5. The lowest BCUT2D eigenvalue weighted by atomic mass is 9.90. The van der Waals surface area contributed by atoms with E-state index in [0.29, 0.717) is 0 Å². The predicted molar refractivity (Wildman–Crippen MR) is 67.9 cm³/mol. The van der Waals surface area contributed by atoms with Crippen LogP contribution < -0.4 is 0 Å².